The molecule has 0 radical (unpaired) electrons. The van der Waals surface area contributed by atoms with Gasteiger partial charge in [-0.1, -0.05) is 53.7 Å². The molecule has 0 bridgehead atoms. The molecule has 7 nitrogen and oxygen atoms in total. The molecule has 150 valence electrons. The number of aromatic nitrogens is 3. The van der Waals surface area contributed by atoms with Crippen LogP contribution in [0.1, 0.15) is 23.1 Å². The Labute approximate surface area is 173 Å². The number of hydrogen-bond acceptors (Lipinski definition) is 6. The second-order valence-electron chi connectivity index (χ2n) is 6.82. The number of thioether (sulfide) groups is 1. The van der Waals surface area contributed by atoms with Crippen LogP contribution in [0.15, 0.2) is 53.7 Å². The van der Waals surface area contributed by atoms with E-state index in [4.69, 9.17) is 9.47 Å². The second-order valence-corrected chi connectivity index (χ2v) is 7.76. The van der Waals surface area contributed by atoms with Crippen molar-refractivity contribution in [3.63, 3.8) is 0 Å². The van der Waals surface area contributed by atoms with Crippen molar-refractivity contribution >= 4 is 17.7 Å². The Bertz CT molecular complexity index is 1000. The summed E-state index contributed by atoms with van der Waals surface area (Å²) in [4.78, 5) is 12.2. The van der Waals surface area contributed by atoms with Crippen LogP contribution < -0.4 is 14.8 Å². The van der Waals surface area contributed by atoms with Gasteiger partial charge in [-0.05, 0) is 24.6 Å². The lowest BCUT2D eigenvalue weighted by molar-refractivity contribution is -0.118. The van der Waals surface area contributed by atoms with Crippen LogP contribution in [0.3, 0.4) is 0 Å². The van der Waals surface area contributed by atoms with Crippen molar-refractivity contribution in [1.82, 2.24) is 20.1 Å². The topological polar surface area (TPSA) is 78.3 Å². The number of carbonyl (C=O) groups is 1. The van der Waals surface area contributed by atoms with Crippen LogP contribution in [0.5, 0.6) is 11.5 Å². The monoisotopic (exact) mass is 410 g/mol. The van der Waals surface area contributed by atoms with Gasteiger partial charge in [0.1, 0.15) is 6.61 Å². The van der Waals surface area contributed by atoms with Crippen molar-refractivity contribution < 1.29 is 14.3 Å². The maximum Gasteiger partial charge on any atom is 0.230 e. The largest absolute Gasteiger partial charge is 0.485 e. The molecule has 0 spiro atoms. The summed E-state index contributed by atoms with van der Waals surface area (Å²) in [6, 6.07) is 15.6. The number of nitrogens with one attached hydrogen (secondary N) is 1. The van der Waals surface area contributed by atoms with Crippen molar-refractivity contribution in [3.8, 4) is 11.5 Å². The summed E-state index contributed by atoms with van der Waals surface area (Å²) in [5, 5.41) is 12.0. The molecule has 1 aromatic heterocycles. The Balaban J connectivity index is 1.32. The zero-order chi connectivity index (χ0) is 20.2. The standard InChI is InChI=1S/C21H22N4O3S/c1-14-7-9-15(10-8-14)11-22-19(26)13-29-21-24-23-20(25(21)2)18-12-27-16-5-3-4-6-17(16)28-18/h3-10,18H,11-13H2,1-2H3,(H,22,26). The smallest absolute Gasteiger partial charge is 0.230 e. The van der Waals surface area contributed by atoms with E-state index in [1.165, 1.54) is 17.3 Å². The van der Waals surface area contributed by atoms with Gasteiger partial charge in [-0.25, -0.2) is 0 Å². The summed E-state index contributed by atoms with van der Waals surface area (Å²) in [7, 11) is 1.87. The van der Waals surface area contributed by atoms with E-state index in [9.17, 15) is 4.79 Å². The van der Waals surface area contributed by atoms with Gasteiger partial charge < -0.3 is 19.4 Å². The molecule has 1 aliphatic rings. The third kappa shape index (κ3) is 4.54. The fourth-order valence-corrected chi connectivity index (χ4v) is 3.71. The maximum atomic E-state index is 12.2. The van der Waals surface area contributed by atoms with Crippen molar-refractivity contribution in [2.24, 2.45) is 7.05 Å². The number of rotatable bonds is 6. The number of ether oxygens (including phenoxy) is 2. The average molecular weight is 410 g/mol. The number of aryl methyl sites for hydroxylation is 1. The van der Waals surface area contributed by atoms with E-state index in [1.54, 1.807) is 0 Å². The van der Waals surface area contributed by atoms with E-state index >= 15 is 0 Å². The van der Waals surface area contributed by atoms with Gasteiger partial charge in [-0.15, -0.1) is 10.2 Å². The molecule has 29 heavy (non-hydrogen) atoms. The molecular formula is C21H22N4O3S. The Kier molecular flexibility index (Phi) is 5.71. The van der Waals surface area contributed by atoms with Crippen molar-refractivity contribution in [1.29, 1.82) is 0 Å². The van der Waals surface area contributed by atoms with Crippen molar-refractivity contribution in [2.75, 3.05) is 12.4 Å². The SMILES string of the molecule is Cc1ccc(CNC(=O)CSc2nnc(C3COc4ccccc4O3)n2C)cc1. The summed E-state index contributed by atoms with van der Waals surface area (Å²) < 4.78 is 13.6. The number of fused-ring (bicyclic) bond motifs is 1. The lowest BCUT2D eigenvalue weighted by atomic mass is 10.1. The highest BCUT2D eigenvalue weighted by atomic mass is 32.2. The molecule has 1 N–H and O–H groups in total. The Hall–Kier alpha value is -3.00. The maximum absolute atomic E-state index is 12.2. The zero-order valence-corrected chi connectivity index (χ0v) is 17.1. The van der Waals surface area contributed by atoms with E-state index < -0.39 is 0 Å². The van der Waals surface area contributed by atoms with Crippen LogP contribution in [0.2, 0.25) is 0 Å². The molecule has 4 rings (SSSR count). The first-order chi connectivity index (χ1) is 14.1. The molecule has 2 aromatic carbocycles. The molecule has 0 fully saturated rings. The van der Waals surface area contributed by atoms with Gasteiger partial charge in [-0.2, -0.15) is 0 Å². The first-order valence-electron chi connectivity index (χ1n) is 9.33. The van der Waals surface area contributed by atoms with Gasteiger partial charge in [0.05, 0.1) is 5.75 Å². The molecule has 8 heteroatoms. The molecule has 0 aliphatic carbocycles. The minimum Gasteiger partial charge on any atom is -0.485 e. The summed E-state index contributed by atoms with van der Waals surface area (Å²) >= 11 is 1.34. The number of amides is 1. The highest BCUT2D eigenvalue weighted by Gasteiger charge is 2.27. The average Bonchev–Trinajstić information content (AvgIpc) is 3.12. The number of para-hydroxylation sites is 2. The number of nitrogens with zero attached hydrogens (tertiary/aromatic N) is 3. The van der Waals surface area contributed by atoms with Crippen LogP contribution in [0.25, 0.3) is 0 Å². The lowest BCUT2D eigenvalue weighted by Crippen LogP contribution is -2.25. The van der Waals surface area contributed by atoms with Gasteiger partial charge in [0.2, 0.25) is 5.91 Å². The summed E-state index contributed by atoms with van der Waals surface area (Å²) in [5.41, 5.74) is 2.27. The third-order valence-corrected chi connectivity index (χ3v) is 5.63. The van der Waals surface area contributed by atoms with E-state index in [0.717, 1.165) is 11.3 Å². The van der Waals surface area contributed by atoms with Gasteiger partial charge in [-0.3, -0.25) is 4.79 Å². The molecule has 3 aromatic rings. The van der Waals surface area contributed by atoms with Crippen molar-refractivity contribution in [3.05, 3.63) is 65.5 Å². The van der Waals surface area contributed by atoms with E-state index in [1.807, 2.05) is 67.1 Å². The van der Waals surface area contributed by atoms with Gasteiger partial charge >= 0.3 is 0 Å². The summed E-state index contributed by atoms with van der Waals surface area (Å²) in [6.45, 7) is 2.92. The molecule has 1 aliphatic heterocycles. The molecular weight excluding hydrogens is 388 g/mol. The van der Waals surface area contributed by atoms with Gasteiger partial charge in [0.25, 0.3) is 0 Å². The Morgan fingerprint density at radius 3 is 2.72 bits per heavy atom. The molecule has 0 saturated carbocycles. The normalized spacial score (nSPS) is 15.2. The summed E-state index contributed by atoms with van der Waals surface area (Å²) in [6.07, 6.45) is -0.341. The van der Waals surface area contributed by atoms with Crippen LogP contribution >= 0.6 is 11.8 Å². The minimum absolute atomic E-state index is 0.0497. The Morgan fingerprint density at radius 1 is 1.17 bits per heavy atom. The Morgan fingerprint density at radius 2 is 1.93 bits per heavy atom. The number of hydrogen-bond donors (Lipinski definition) is 1. The van der Waals surface area contributed by atoms with Gasteiger partial charge in [0, 0.05) is 13.6 Å². The fourth-order valence-electron chi connectivity index (χ4n) is 2.97. The molecule has 1 amide bonds. The fraction of sp³-hybridized carbons (Fsp3) is 0.286. The predicted molar refractivity (Wildman–Crippen MR) is 110 cm³/mol. The third-order valence-electron chi connectivity index (χ3n) is 4.61. The first kappa shape index (κ1) is 19.3. The van der Waals surface area contributed by atoms with Crippen LogP contribution in [0.4, 0.5) is 0 Å². The van der Waals surface area contributed by atoms with Crippen LogP contribution in [-0.4, -0.2) is 33.0 Å². The van der Waals surface area contributed by atoms with E-state index in [0.29, 0.717) is 29.9 Å². The predicted octanol–water partition coefficient (Wildman–Crippen LogP) is 3.04. The molecule has 1 atom stereocenters. The number of carbonyl (C=O) groups excluding carboxylic acids is 1. The van der Waals surface area contributed by atoms with Crippen LogP contribution in [-0.2, 0) is 18.4 Å². The first-order valence-corrected chi connectivity index (χ1v) is 10.3. The van der Waals surface area contributed by atoms with E-state index in [-0.39, 0.29) is 17.8 Å². The molecule has 0 saturated heterocycles. The quantitative estimate of drug-likeness (QED) is 0.630. The second kappa shape index (κ2) is 8.57. The summed E-state index contributed by atoms with van der Waals surface area (Å²) in [5.74, 6) is 2.30. The van der Waals surface area contributed by atoms with Crippen molar-refractivity contribution in [2.45, 2.75) is 24.7 Å². The van der Waals surface area contributed by atoms with E-state index in [2.05, 4.69) is 15.5 Å². The minimum atomic E-state index is -0.341. The lowest BCUT2D eigenvalue weighted by Gasteiger charge is -2.25. The highest BCUT2D eigenvalue weighted by molar-refractivity contribution is 7.99. The molecule has 2 heterocycles. The molecule has 1 unspecified atom stereocenters. The highest BCUT2D eigenvalue weighted by Crippen LogP contribution is 2.35. The zero-order valence-electron chi connectivity index (χ0n) is 16.3. The van der Waals surface area contributed by atoms with Gasteiger partial charge in [0.15, 0.2) is 28.6 Å². The van der Waals surface area contributed by atoms with Crippen LogP contribution in [0, 0.1) is 6.92 Å². The number of benzene rings is 2.